The second-order valence-corrected chi connectivity index (χ2v) is 5.01. The highest BCUT2D eigenvalue weighted by Gasteiger charge is 2.18. The van der Waals surface area contributed by atoms with Crippen molar-refractivity contribution in [2.75, 3.05) is 20.8 Å². The van der Waals surface area contributed by atoms with E-state index in [0.29, 0.717) is 0 Å². The van der Waals surface area contributed by atoms with Gasteiger partial charge in [0.2, 0.25) is 0 Å². The van der Waals surface area contributed by atoms with Crippen LogP contribution in [-0.4, -0.2) is 20.8 Å². The van der Waals surface area contributed by atoms with Gasteiger partial charge in [0.05, 0.1) is 20.3 Å². The van der Waals surface area contributed by atoms with Crippen molar-refractivity contribution in [2.45, 2.75) is 19.9 Å². The van der Waals surface area contributed by atoms with Crippen molar-refractivity contribution < 1.29 is 9.47 Å². The van der Waals surface area contributed by atoms with Gasteiger partial charge in [-0.25, -0.2) is 0 Å². The van der Waals surface area contributed by atoms with Gasteiger partial charge in [-0.05, 0) is 42.8 Å². The Bertz CT molecular complexity index is 596. The van der Waals surface area contributed by atoms with Crippen LogP contribution in [0.4, 0.5) is 0 Å². The molecule has 2 aromatic carbocycles. The van der Waals surface area contributed by atoms with E-state index in [1.807, 2.05) is 12.1 Å². The second kappa shape index (κ2) is 7.14. The summed E-state index contributed by atoms with van der Waals surface area (Å²) in [5.74, 6) is 1.77. The molecule has 1 N–H and O–H groups in total. The molecule has 0 spiro atoms. The van der Waals surface area contributed by atoms with Crippen molar-refractivity contribution in [2.24, 2.45) is 0 Å². The van der Waals surface area contributed by atoms with E-state index in [1.54, 1.807) is 14.2 Å². The summed E-state index contributed by atoms with van der Waals surface area (Å²) in [6.07, 6.45) is 0. The zero-order valence-electron chi connectivity index (χ0n) is 13.1. The number of methoxy groups -OCH3 is 2. The van der Waals surface area contributed by atoms with Crippen molar-refractivity contribution in [3.05, 3.63) is 59.2 Å². The molecule has 0 aliphatic rings. The fraction of sp³-hybridized carbons (Fsp3) is 0.333. The maximum Gasteiger partial charge on any atom is 0.124 e. The molecule has 0 heterocycles. The van der Waals surface area contributed by atoms with Gasteiger partial charge >= 0.3 is 0 Å². The van der Waals surface area contributed by atoms with Crippen molar-refractivity contribution in [1.82, 2.24) is 5.32 Å². The van der Waals surface area contributed by atoms with Gasteiger partial charge in [-0.1, -0.05) is 31.2 Å². The fourth-order valence-electron chi connectivity index (χ4n) is 2.49. The summed E-state index contributed by atoms with van der Waals surface area (Å²) in [6, 6.07) is 14.5. The molecule has 0 fully saturated rings. The van der Waals surface area contributed by atoms with E-state index >= 15 is 0 Å². The molecule has 0 radical (unpaired) electrons. The van der Waals surface area contributed by atoms with Crippen LogP contribution in [0.15, 0.2) is 42.5 Å². The molecule has 3 nitrogen and oxygen atoms in total. The highest BCUT2D eigenvalue weighted by atomic mass is 16.5. The van der Waals surface area contributed by atoms with E-state index in [4.69, 9.17) is 9.47 Å². The van der Waals surface area contributed by atoms with Crippen LogP contribution in [0.5, 0.6) is 11.5 Å². The molecule has 0 saturated carbocycles. The number of nitrogens with one attached hydrogen (secondary N) is 1. The van der Waals surface area contributed by atoms with Crippen LogP contribution in [0.3, 0.4) is 0 Å². The lowest BCUT2D eigenvalue weighted by molar-refractivity contribution is 0.402. The smallest absolute Gasteiger partial charge is 0.124 e. The molecule has 2 rings (SSSR count). The maximum absolute atomic E-state index is 5.56. The Morgan fingerprint density at radius 3 is 2.52 bits per heavy atom. The number of aryl methyl sites for hydroxylation is 1. The van der Waals surface area contributed by atoms with Crippen LogP contribution >= 0.6 is 0 Å². The van der Waals surface area contributed by atoms with E-state index < -0.39 is 0 Å². The fourth-order valence-corrected chi connectivity index (χ4v) is 2.49. The minimum atomic E-state index is 0.0839. The Hall–Kier alpha value is -2.00. The lowest BCUT2D eigenvalue weighted by Gasteiger charge is -2.22. The molecule has 0 aliphatic carbocycles. The molecule has 0 bridgehead atoms. The van der Waals surface area contributed by atoms with E-state index in [1.165, 1.54) is 11.1 Å². The lowest BCUT2D eigenvalue weighted by atomic mass is 9.96. The zero-order valence-corrected chi connectivity index (χ0v) is 13.1. The normalized spacial score (nSPS) is 12.0. The Kier molecular flexibility index (Phi) is 5.23. The molecule has 2 aromatic rings. The van der Waals surface area contributed by atoms with Crippen LogP contribution in [-0.2, 0) is 0 Å². The molecule has 112 valence electrons. The summed E-state index contributed by atoms with van der Waals surface area (Å²) in [5, 5.41) is 3.53. The van der Waals surface area contributed by atoms with Crippen molar-refractivity contribution in [1.29, 1.82) is 0 Å². The van der Waals surface area contributed by atoms with Crippen LogP contribution in [0.2, 0.25) is 0 Å². The monoisotopic (exact) mass is 285 g/mol. The quantitative estimate of drug-likeness (QED) is 0.877. The first-order chi connectivity index (χ1) is 10.2. The van der Waals surface area contributed by atoms with Crippen LogP contribution in [0.1, 0.15) is 29.7 Å². The Labute approximate surface area is 126 Å². The highest BCUT2D eigenvalue weighted by Crippen LogP contribution is 2.32. The number of ether oxygens (including phenoxy) is 2. The van der Waals surface area contributed by atoms with Crippen molar-refractivity contribution in [3.8, 4) is 11.5 Å². The SMILES string of the molecule is CCNC(c1cccc(OC)c1)c1ccc(C)cc1OC. The van der Waals surface area contributed by atoms with E-state index in [0.717, 1.165) is 23.6 Å². The van der Waals surface area contributed by atoms with Gasteiger partial charge in [0.1, 0.15) is 11.5 Å². The first-order valence-corrected chi connectivity index (χ1v) is 7.21. The van der Waals surface area contributed by atoms with Gasteiger partial charge in [0.25, 0.3) is 0 Å². The number of hydrogen-bond donors (Lipinski definition) is 1. The molecule has 0 aromatic heterocycles. The second-order valence-electron chi connectivity index (χ2n) is 5.01. The van der Waals surface area contributed by atoms with Gasteiger partial charge in [-0.3, -0.25) is 0 Å². The highest BCUT2D eigenvalue weighted by molar-refractivity contribution is 5.45. The molecule has 0 amide bonds. The van der Waals surface area contributed by atoms with E-state index in [9.17, 15) is 0 Å². The predicted octanol–water partition coefficient (Wildman–Crippen LogP) is 3.71. The number of rotatable bonds is 6. The maximum atomic E-state index is 5.56. The third-order valence-corrected chi connectivity index (χ3v) is 3.54. The Morgan fingerprint density at radius 1 is 1.05 bits per heavy atom. The van der Waals surface area contributed by atoms with Gasteiger partial charge in [-0.15, -0.1) is 0 Å². The largest absolute Gasteiger partial charge is 0.497 e. The van der Waals surface area contributed by atoms with Gasteiger partial charge in [0.15, 0.2) is 0 Å². The Morgan fingerprint density at radius 2 is 1.86 bits per heavy atom. The molecular formula is C18H23NO2. The van der Waals surface area contributed by atoms with Crippen LogP contribution in [0, 0.1) is 6.92 Å². The zero-order chi connectivity index (χ0) is 15.2. The summed E-state index contributed by atoms with van der Waals surface area (Å²) in [7, 11) is 3.40. The molecule has 0 aliphatic heterocycles. The van der Waals surface area contributed by atoms with Gasteiger partial charge in [0, 0.05) is 5.56 Å². The third kappa shape index (κ3) is 3.56. The first-order valence-electron chi connectivity index (χ1n) is 7.21. The Balaban J connectivity index is 2.47. The van der Waals surface area contributed by atoms with Gasteiger partial charge in [-0.2, -0.15) is 0 Å². The molecule has 1 atom stereocenters. The standard InChI is InChI=1S/C18H23NO2/c1-5-19-18(14-7-6-8-15(12-14)20-3)16-10-9-13(2)11-17(16)21-4/h6-12,18-19H,5H2,1-4H3. The molecular weight excluding hydrogens is 262 g/mol. The minimum Gasteiger partial charge on any atom is -0.497 e. The summed E-state index contributed by atoms with van der Waals surface area (Å²) < 4.78 is 10.9. The summed E-state index contributed by atoms with van der Waals surface area (Å²) >= 11 is 0. The number of benzene rings is 2. The molecule has 3 heteroatoms. The minimum absolute atomic E-state index is 0.0839. The van der Waals surface area contributed by atoms with E-state index in [2.05, 4.69) is 49.5 Å². The predicted molar refractivity (Wildman–Crippen MR) is 86.2 cm³/mol. The molecule has 0 saturated heterocycles. The average molecular weight is 285 g/mol. The topological polar surface area (TPSA) is 30.5 Å². The summed E-state index contributed by atoms with van der Waals surface area (Å²) in [4.78, 5) is 0. The third-order valence-electron chi connectivity index (χ3n) is 3.54. The summed E-state index contributed by atoms with van der Waals surface area (Å²) in [5.41, 5.74) is 3.49. The van der Waals surface area contributed by atoms with E-state index in [-0.39, 0.29) is 6.04 Å². The molecule has 1 unspecified atom stereocenters. The summed E-state index contributed by atoms with van der Waals surface area (Å²) in [6.45, 7) is 5.05. The number of hydrogen-bond acceptors (Lipinski definition) is 3. The van der Waals surface area contributed by atoms with Crippen molar-refractivity contribution >= 4 is 0 Å². The first kappa shape index (κ1) is 15.4. The van der Waals surface area contributed by atoms with Crippen LogP contribution < -0.4 is 14.8 Å². The molecule has 21 heavy (non-hydrogen) atoms. The van der Waals surface area contributed by atoms with Crippen LogP contribution in [0.25, 0.3) is 0 Å². The van der Waals surface area contributed by atoms with Crippen molar-refractivity contribution in [3.63, 3.8) is 0 Å². The van der Waals surface area contributed by atoms with Gasteiger partial charge < -0.3 is 14.8 Å². The lowest BCUT2D eigenvalue weighted by Crippen LogP contribution is -2.22. The average Bonchev–Trinajstić information content (AvgIpc) is 2.53.